The number of thiol groups is 1. The third-order valence-electron chi connectivity index (χ3n) is 5.04. The van der Waals surface area contributed by atoms with Crippen molar-refractivity contribution in [1.82, 2.24) is 0 Å². The summed E-state index contributed by atoms with van der Waals surface area (Å²) in [6, 6.07) is 16.0. The number of aliphatic carboxylic acids is 1. The molecule has 2 aromatic rings. The van der Waals surface area contributed by atoms with Crippen LogP contribution < -0.4 is 0 Å². The van der Waals surface area contributed by atoms with E-state index in [9.17, 15) is 9.59 Å². The van der Waals surface area contributed by atoms with E-state index >= 15 is 0 Å². The molecule has 3 rings (SSSR count). The predicted octanol–water partition coefficient (Wildman–Crippen LogP) is 5.58. The maximum absolute atomic E-state index is 11.7. The molecule has 0 saturated heterocycles. The third-order valence-corrected chi connectivity index (χ3v) is 6.21. The van der Waals surface area contributed by atoms with Gasteiger partial charge in [0, 0.05) is 4.47 Å². The molecule has 0 unspecified atom stereocenters. The Balaban J connectivity index is 0.000000278. The lowest BCUT2D eigenvalue weighted by molar-refractivity contribution is -0.138. The van der Waals surface area contributed by atoms with Gasteiger partial charge in [-0.1, -0.05) is 46.3 Å². The number of aryl methyl sites for hydroxylation is 2. The molecule has 1 saturated carbocycles. The summed E-state index contributed by atoms with van der Waals surface area (Å²) in [5.41, 5.74) is 3.10. The maximum Gasteiger partial charge on any atom is 0.338 e. The van der Waals surface area contributed by atoms with Crippen LogP contribution in [0.3, 0.4) is 0 Å². The fraction of sp³-hybridized carbons (Fsp3) is 0.391. The topological polar surface area (TPSA) is 63.6 Å². The molecule has 156 valence electrons. The highest BCUT2D eigenvalue weighted by molar-refractivity contribution is 9.10. The van der Waals surface area contributed by atoms with E-state index in [1.54, 1.807) is 0 Å². The maximum atomic E-state index is 11.7. The zero-order valence-corrected chi connectivity index (χ0v) is 19.0. The van der Waals surface area contributed by atoms with E-state index in [2.05, 4.69) is 40.7 Å². The first-order chi connectivity index (χ1) is 13.9. The molecule has 29 heavy (non-hydrogen) atoms. The van der Waals surface area contributed by atoms with Crippen molar-refractivity contribution in [1.29, 1.82) is 0 Å². The van der Waals surface area contributed by atoms with Crippen LogP contribution in [-0.4, -0.2) is 29.9 Å². The lowest BCUT2D eigenvalue weighted by Gasteiger charge is -2.08. The van der Waals surface area contributed by atoms with E-state index in [0.29, 0.717) is 12.0 Å². The molecule has 0 atom stereocenters. The van der Waals surface area contributed by atoms with Gasteiger partial charge in [-0.3, -0.25) is 4.79 Å². The Morgan fingerprint density at radius 2 is 1.86 bits per heavy atom. The lowest BCUT2D eigenvalue weighted by atomic mass is 10.00. The van der Waals surface area contributed by atoms with Crippen molar-refractivity contribution in [3.8, 4) is 0 Å². The van der Waals surface area contributed by atoms with Gasteiger partial charge in [-0.25, -0.2) is 4.79 Å². The summed E-state index contributed by atoms with van der Waals surface area (Å²) in [6.45, 7) is 0. The summed E-state index contributed by atoms with van der Waals surface area (Å²) in [6.07, 6.45) is 5.26. The molecule has 0 aromatic heterocycles. The minimum absolute atomic E-state index is 0.0783. The van der Waals surface area contributed by atoms with Crippen LogP contribution in [0.1, 0.15) is 47.2 Å². The van der Waals surface area contributed by atoms with Crippen LogP contribution in [0.25, 0.3) is 0 Å². The average molecular weight is 479 g/mol. The van der Waals surface area contributed by atoms with E-state index in [1.165, 1.54) is 12.7 Å². The second-order valence-corrected chi connectivity index (χ2v) is 8.59. The summed E-state index contributed by atoms with van der Waals surface area (Å²) in [4.78, 5) is 21.9. The fourth-order valence-corrected chi connectivity index (χ4v) is 3.99. The van der Waals surface area contributed by atoms with Gasteiger partial charge >= 0.3 is 11.9 Å². The van der Waals surface area contributed by atoms with Crippen LogP contribution >= 0.6 is 28.6 Å². The minimum atomic E-state index is -0.693. The van der Waals surface area contributed by atoms with Crippen LogP contribution in [0.2, 0.25) is 0 Å². The van der Waals surface area contributed by atoms with Crippen LogP contribution in [0.4, 0.5) is 0 Å². The normalized spacial score (nSPS) is 13.8. The van der Waals surface area contributed by atoms with E-state index in [1.807, 2.05) is 36.4 Å². The number of methoxy groups -OCH3 is 1. The first-order valence-electron chi connectivity index (χ1n) is 9.62. The third kappa shape index (κ3) is 7.86. The molecule has 0 spiro atoms. The molecule has 1 aliphatic rings. The van der Waals surface area contributed by atoms with Gasteiger partial charge in [-0.2, -0.15) is 12.6 Å². The summed E-state index contributed by atoms with van der Waals surface area (Å²) < 4.78 is 5.91. The number of carboxylic acids is 1. The second kappa shape index (κ2) is 11.4. The molecule has 0 radical (unpaired) electrons. The number of esters is 1. The zero-order valence-electron chi connectivity index (χ0n) is 16.6. The number of rotatable bonds is 8. The van der Waals surface area contributed by atoms with Crippen LogP contribution in [0, 0.1) is 5.41 Å². The van der Waals surface area contributed by atoms with Crippen molar-refractivity contribution in [3.05, 3.63) is 69.7 Å². The molecule has 0 aliphatic heterocycles. The number of ether oxygens (including phenoxy) is 1. The summed E-state index contributed by atoms with van der Waals surface area (Å²) >= 11 is 7.55. The number of carbonyl (C=O) groups excluding carboxylic acids is 1. The second-order valence-electron chi connectivity index (χ2n) is 7.36. The van der Waals surface area contributed by atoms with E-state index in [4.69, 9.17) is 9.84 Å². The molecule has 1 fully saturated rings. The Hall–Kier alpha value is -1.79. The first kappa shape index (κ1) is 23.5. The number of carboxylic acid groups (broad SMARTS) is 1. The quantitative estimate of drug-likeness (QED) is 0.383. The number of benzene rings is 2. The van der Waals surface area contributed by atoms with Crippen LogP contribution in [0.15, 0.2) is 53.0 Å². The van der Waals surface area contributed by atoms with E-state index < -0.39 is 5.97 Å². The van der Waals surface area contributed by atoms with Crippen molar-refractivity contribution in [2.75, 3.05) is 12.9 Å². The fourth-order valence-electron chi connectivity index (χ4n) is 3.11. The SMILES string of the molecule is COC(=O)c1ccccc1CCCc1cccc(Br)c1.O=C(O)CC1(CS)CC1. The number of carbonyl (C=O) groups is 2. The van der Waals surface area contributed by atoms with Gasteiger partial charge in [0.15, 0.2) is 0 Å². The highest BCUT2D eigenvalue weighted by atomic mass is 79.9. The first-order valence-corrected chi connectivity index (χ1v) is 11.0. The molecular weight excluding hydrogens is 452 g/mol. The summed E-state index contributed by atoms with van der Waals surface area (Å²) in [5, 5.41) is 8.39. The number of hydrogen-bond donors (Lipinski definition) is 2. The molecule has 1 aliphatic carbocycles. The largest absolute Gasteiger partial charge is 0.481 e. The van der Waals surface area contributed by atoms with Gasteiger partial charge in [0.1, 0.15) is 0 Å². The Morgan fingerprint density at radius 3 is 2.41 bits per heavy atom. The van der Waals surface area contributed by atoms with Gasteiger partial charge in [-0.15, -0.1) is 0 Å². The van der Waals surface area contributed by atoms with E-state index in [0.717, 1.165) is 47.9 Å². The standard InChI is InChI=1S/C17H17BrO2.C6H10O2S/c1-20-17(19)16-11-3-2-8-14(16)9-4-6-13-7-5-10-15(18)12-13;7-5(8)3-6(4-9)1-2-6/h2-3,5,7-8,10-12H,4,6,9H2,1H3;9H,1-4H2,(H,7,8). The Morgan fingerprint density at radius 1 is 1.14 bits per heavy atom. The number of hydrogen-bond acceptors (Lipinski definition) is 4. The van der Waals surface area contributed by atoms with Crippen molar-refractivity contribution in [3.63, 3.8) is 0 Å². The smallest absolute Gasteiger partial charge is 0.338 e. The van der Waals surface area contributed by atoms with Crippen LogP contribution in [0.5, 0.6) is 0 Å². The molecule has 0 heterocycles. The summed E-state index contributed by atoms with van der Waals surface area (Å²) in [5.74, 6) is -0.233. The van der Waals surface area contributed by atoms with Gasteiger partial charge in [0.2, 0.25) is 0 Å². The van der Waals surface area contributed by atoms with E-state index in [-0.39, 0.29) is 11.4 Å². The van der Waals surface area contributed by atoms with Crippen molar-refractivity contribution in [2.45, 2.75) is 38.5 Å². The zero-order chi connectivity index (χ0) is 21.3. The molecular formula is C23H27BrO4S. The van der Waals surface area contributed by atoms with Crippen LogP contribution in [-0.2, 0) is 22.4 Å². The predicted molar refractivity (Wildman–Crippen MR) is 122 cm³/mol. The highest BCUT2D eigenvalue weighted by Crippen LogP contribution is 2.49. The Kier molecular flexibility index (Phi) is 9.24. The molecule has 2 aromatic carbocycles. The monoisotopic (exact) mass is 478 g/mol. The molecule has 0 amide bonds. The van der Waals surface area contributed by atoms with Gasteiger partial charge < -0.3 is 9.84 Å². The van der Waals surface area contributed by atoms with Crippen molar-refractivity contribution < 1.29 is 19.4 Å². The Bertz CT molecular complexity index is 833. The lowest BCUT2D eigenvalue weighted by Crippen LogP contribution is -2.09. The van der Waals surface area contributed by atoms with Gasteiger partial charge in [0.05, 0.1) is 19.1 Å². The molecule has 0 bridgehead atoms. The van der Waals surface area contributed by atoms with Gasteiger partial charge in [-0.05, 0) is 72.6 Å². The van der Waals surface area contributed by atoms with Crippen molar-refractivity contribution >= 4 is 40.5 Å². The summed E-state index contributed by atoms with van der Waals surface area (Å²) in [7, 11) is 1.42. The van der Waals surface area contributed by atoms with Gasteiger partial charge in [0.25, 0.3) is 0 Å². The average Bonchev–Trinajstić information content (AvgIpc) is 3.47. The molecule has 6 heteroatoms. The minimum Gasteiger partial charge on any atom is -0.481 e. The highest BCUT2D eigenvalue weighted by Gasteiger charge is 2.42. The molecule has 1 N–H and O–H groups in total. The Labute approximate surface area is 186 Å². The van der Waals surface area contributed by atoms with Crippen molar-refractivity contribution in [2.24, 2.45) is 5.41 Å². The number of halogens is 1. The molecule has 4 nitrogen and oxygen atoms in total.